The van der Waals surface area contributed by atoms with Gasteiger partial charge < -0.3 is 15.9 Å². The normalized spacial score (nSPS) is 15.1. The molecule has 0 amide bonds. The summed E-state index contributed by atoms with van der Waals surface area (Å²) in [5.41, 5.74) is 6.04. The first-order valence-corrected chi connectivity index (χ1v) is 5.24. The molecule has 1 aromatic carbocycles. The molecule has 0 aliphatic rings. The monoisotopic (exact) mass is 259 g/mol. The molecule has 0 saturated carbocycles. The van der Waals surface area contributed by atoms with E-state index in [9.17, 15) is 10.2 Å². The Morgan fingerprint density at radius 1 is 1.36 bits per heavy atom. The largest absolute Gasteiger partial charge is 0.392 e. The quantitative estimate of drug-likeness (QED) is 0.761. The molecule has 2 atom stereocenters. The zero-order valence-corrected chi connectivity index (χ0v) is 9.31. The zero-order valence-electron chi connectivity index (χ0n) is 7.73. The maximum Gasteiger partial charge on any atom is 0.0815 e. The van der Waals surface area contributed by atoms with Crippen molar-refractivity contribution < 1.29 is 10.2 Å². The van der Waals surface area contributed by atoms with Crippen molar-refractivity contribution in [3.05, 3.63) is 34.3 Å². The first-order valence-electron chi connectivity index (χ1n) is 4.45. The summed E-state index contributed by atoms with van der Waals surface area (Å²) in [4.78, 5) is 0. The van der Waals surface area contributed by atoms with Gasteiger partial charge in [-0.25, -0.2) is 0 Å². The van der Waals surface area contributed by atoms with Crippen LogP contribution in [0.1, 0.15) is 18.1 Å². The van der Waals surface area contributed by atoms with Gasteiger partial charge in [0, 0.05) is 17.4 Å². The Kier molecular flexibility index (Phi) is 4.54. The predicted octanol–water partition coefficient (Wildman–Crippen LogP) is 1.19. The summed E-state index contributed by atoms with van der Waals surface area (Å²) in [5, 5.41) is 19.0. The van der Waals surface area contributed by atoms with E-state index in [1.807, 2.05) is 24.3 Å². The maximum absolute atomic E-state index is 9.71. The summed E-state index contributed by atoms with van der Waals surface area (Å²) in [6, 6.07) is 7.37. The average molecular weight is 260 g/mol. The van der Waals surface area contributed by atoms with Gasteiger partial charge in [0.15, 0.2) is 0 Å². The maximum atomic E-state index is 9.71. The molecule has 3 nitrogen and oxygen atoms in total. The summed E-state index contributed by atoms with van der Waals surface area (Å²) in [6.07, 6.45) is -1.04. The highest BCUT2D eigenvalue weighted by atomic mass is 79.9. The second kappa shape index (κ2) is 5.46. The van der Waals surface area contributed by atoms with Crippen LogP contribution >= 0.6 is 15.9 Å². The Morgan fingerprint density at radius 2 is 2.07 bits per heavy atom. The van der Waals surface area contributed by atoms with Crippen molar-refractivity contribution in [1.29, 1.82) is 0 Å². The van der Waals surface area contributed by atoms with Crippen LogP contribution in [0.3, 0.4) is 0 Å². The molecule has 4 N–H and O–H groups in total. The minimum absolute atomic E-state index is 0.172. The van der Waals surface area contributed by atoms with Crippen LogP contribution < -0.4 is 5.73 Å². The summed E-state index contributed by atoms with van der Waals surface area (Å²) in [5.74, 6) is 0. The van der Waals surface area contributed by atoms with Gasteiger partial charge in [-0.1, -0.05) is 28.1 Å². The lowest BCUT2D eigenvalue weighted by atomic mass is 10.0. The fraction of sp³-hybridized carbons (Fsp3) is 0.400. The third-order valence-corrected chi connectivity index (χ3v) is 2.49. The smallest absolute Gasteiger partial charge is 0.0815 e. The Hall–Kier alpha value is -0.420. The molecule has 0 heterocycles. The molecule has 1 aromatic rings. The molecule has 0 aliphatic carbocycles. The molecule has 0 bridgehead atoms. The summed E-state index contributed by atoms with van der Waals surface area (Å²) in [7, 11) is 0. The van der Waals surface area contributed by atoms with Crippen LogP contribution in [-0.2, 0) is 0 Å². The van der Waals surface area contributed by atoms with E-state index in [-0.39, 0.29) is 13.0 Å². The van der Waals surface area contributed by atoms with Gasteiger partial charge in [-0.2, -0.15) is 0 Å². The van der Waals surface area contributed by atoms with E-state index < -0.39 is 12.2 Å². The van der Waals surface area contributed by atoms with E-state index in [1.165, 1.54) is 0 Å². The van der Waals surface area contributed by atoms with Crippen LogP contribution in [0.2, 0.25) is 0 Å². The summed E-state index contributed by atoms with van der Waals surface area (Å²) in [6.45, 7) is 0.172. The zero-order chi connectivity index (χ0) is 10.6. The molecule has 0 radical (unpaired) electrons. The molecule has 0 saturated heterocycles. The second-order valence-electron chi connectivity index (χ2n) is 3.20. The van der Waals surface area contributed by atoms with E-state index >= 15 is 0 Å². The number of aliphatic hydroxyl groups is 2. The van der Waals surface area contributed by atoms with Gasteiger partial charge in [0.1, 0.15) is 0 Å². The van der Waals surface area contributed by atoms with Gasteiger partial charge in [-0.3, -0.25) is 0 Å². The number of nitrogens with two attached hydrogens (primary N) is 1. The molecule has 78 valence electrons. The van der Waals surface area contributed by atoms with Gasteiger partial charge in [0.25, 0.3) is 0 Å². The van der Waals surface area contributed by atoms with Crippen molar-refractivity contribution in [2.45, 2.75) is 18.6 Å². The fourth-order valence-electron chi connectivity index (χ4n) is 1.20. The lowest BCUT2D eigenvalue weighted by Gasteiger charge is -2.14. The Morgan fingerprint density at radius 3 is 2.64 bits per heavy atom. The molecule has 14 heavy (non-hydrogen) atoms. The SMILES string of the molecule is NCC(O)CC(O)c1cccc(Br)c1. The first kappa shape index (κ1) is 11.7. The van der Waals surface area contributed by atoms with Crippen LogP contribution in [0.4, 0.5) is 0 Å². The van der Waals surface area contributed by atoms with Crippen LogP contribution in [0.15, 0.2) is 28.7 Å². The highest BCUT2D eigenvalue weighted by Crippen LogP contribution is 2.21. The fourth-order valence-corrected chi connectivity index (χ4v) is 1.62. The van der Waals surface area contributed by atoms with Crippen LogP contribution in [0.5, 0.6) is 0 Å². The Balaban J connectivity index is 2.64. The van der Waals surface area contributed by atoms with Gasteiger partial charge in [0.2, 0.25) is 0 Å². The van der Waals surface area contributed by atoms with Crippen LogP contribution in [0.25, 0.3) is 0 Å². The van der Waals surface area contributed by atoms with Crippen molar-refractivity contribution in [2.75, 3.05) is 6.54 Å². The third kappa shape index (κ3) is 3.38. The van der Waals surface area contributed by atoms with E-state index in [0.717, 1.165) is 10.0 Å². The Labute approximate surface area is 91.7 Å². The highest BCUT2D eigenvalue weighted by molar-refractivity contribution is 9.10. The predicted molar refractivity (Wildman–Crippen MR) is 58.8 cm³/mol. The number of halogens is 1. The lowest BCUT2D eigenvalue weighted by molar-refractivity contribution is 0.0851. The molecule has 2 unspecified atom stereocenters. The summed E-state index contributed by atoms with van der Waals surface area (Å²) >= 11 is 3.32. The average Bonchev–Trinajstić information content (AvgIpc) is 2.17. The first-order chi connectivity index (χ1) is 6.63. The van der Waals surface area contributed by atoms with Gasteiger partial charge in [-0.15, -0.1) is 0 Å². The van der Waals surface area contributed by atoms with Crippen molar-refractivity contribution in [3.8, 4) is 0 Å². The number of hydrogen-bond acceptors (Lipinski definition) is 3. The van der Waals surface area contributed by atoms with E-state index in [0.29, 0.717) is 0 Å². The molecule has 1 rings (SSSR count). The number of benzene rings is 1. The van der Waals surface area contributed by atoms with Crippen molar-refractivity contribution >= 4 is 15.9 Å². The number of aliphatic hydroxyl groups excluding tert-OH is 2. The molecule has 4 heteroatoms. The van der Waals surface area contributed by atoms with E-state index in [4.69, 9.17) is 5.73 Å². The second-order valence-corrected chi connectivity index (χ2v) is 4.11. The minimum atomic E-state index is -0.661. The lowest BCUT2D eigenvalue weighted by Crippen LogP contribution is -2.22. The standard InChI is InChI=1S/C10H14BrNO2/c11-8-3-1-2-7(4-8)10(14)5-9(13)6-12/h1-4,9-10,13-14H,5-6,12H2. The van der Waals surface area contributed by atoms with E-state index in [2.05, 4.69) is 15.9 Å². The van der Waals surface area contributed by atoms with E-state index in [1.54, 1.807) is 0 Å². The molecule has 0 aliphatic heterocycles. The third-order valence-electron chi connectivity index (χ3n) is 2.00. The van der Waals surface area contributed by atoms with Crippen molar-refractivity contribution in [2.24, 2.45) is 5.73 Å². The van der Waals surface area contributed by atoms with Gasteiger partial charge >= 0.3 is 0 Å². The van der Waals surface area contributed by atoms with Crippen LogP contribution in [-0.4, -0.2) is 22.9 Å². The summed E-state index contributed by atoms with van der Waals surface area (Å²) < 4.78 is 0.913. The highest BCUT2D eigenvalue weighted by Gasteiger charge is 2.12. The molecular formula is C10H14BrNO2. The minimum Gasteiger partial charge on any atom is -0.392 e. The van der Waals surface area contributed by atoms with Crippen molar-refractivity contribution in [3.63, 3.8) is 0 Å². The number of hydrogen-bond donors (Lipinski definition) is 3. The molecule has 0 spiro atoms. The number of rotatable bonds is 4. The van der Waals surface area contributed by atoms with Crippen LogP contribution in [0, 0.1) is 0 Å². The van der Waals surface area contributed by atoms with Gasteiger partial charge in [-0.05, 0) is 17.7 Å². The molecule has 0 fully saturated rings. The topological polar surface area (TPSA) is 66.5 Å². The molecular weight excluding hydrogens is 246 g/mol. The Bertz CT molecular complexity index is 293. The van der Waals surface area contributed by atoms with Gasteiger partial charge in [0.05, 0.1) is 12.2 Å². The molecule has 0 aromatic heterocycles. The van der Waals surface area contributed by atoms with Crippen molar-refractivity contribution in [1.82, 2.24) is 0 Å².